The zero-order chi connectivity index (χ0) is 24.1. The zero-order valence-corrected chi connectivity index (χ0v) is 19.5. The number of hydrogen-bond acceptors (Lipinski definition) is 4. The molecule has 3 aromatic rings. The molecule has 1 saturated carbocycles. The van der Waals surface area contributed by atoms with Crippen LogP contribution in [0.25, 0.3) is 5.57 Å². The minimum absolute atomic E-state index is 0.107. The van der Waals surface area contributed by atoms with Crippen molar-refractivity contribution in [3.8, 4) is 11.5 Å². The average Bonchev–Trinajstić information content (AvgIpc) is 3.54. The lowest BCUT2D eigenvalue weighted by Gasteiger charge is -2.22. The summed E-state index contributed by atoms with van der Waals surface area (Å²) in [5.41, 5.74) is 4.92. The fraction of sp³-hybridized carbons (Fsp3) is 0.200. The highest BCUT2D eigenvalue weighted by Gasteiger charge is 2.62. The second-order valence-electron chi connectivity index (χ2n) is 9.12. The molecule has 0 N–H and O–H groups in total. The van der Waals surface area contributed by atoms with Crippen molar-refractivity contribution < 1.29 is 19.1 Å². The Morgan fingerprint density at radius 1 is 0.657 bits per heavy atom. The van der Waals surface area contributed by atoms with Crippen molar-refractivity contribution in [2.75, 3.05) is 19.1 Å². The van der Waals surface area contributed by atoms with Crippen LogP contribution in [0.2, 0.25) is 0 Å². The molecule has 174 valence electrons. The number of carbonyl (C=O) groups is 2. The molecule has 0 radical (unpaired) electrons. The second-order valence-corrected chi connectivity index (χ2v) is 9.12. The molecule has 6 rings (SSSR count). The molecule has 3 aromatic carbocycles. The van der Waals surface area contributed by atoms with Crippen molar-refractivity contribution in [2.24, 2.45) is 23.7 Å². The molecule has 1 aliphatic heterocycles. The van der Waals surface area contributed by atoms with Crippen molar-refractivity contribution in [1.82, 2.24) is 0 Å². The predicted octanol–water partition coefficient (Wildman–Crippen LogP) is 5.13. The van der Waals surface area contributed by atoms with Crippen LogP contribution in [0.1, 0.15) is 11.1 Å². The zero-order valence-electron chi connectivity index (χ0n) is 19.5. The predicted molar refractivity (Wildman–Crippen MR) is 134 cm³/mol. The molecule has 0 aromatic heterocycles. The molecule has 1 heterocycles. The number of fused-ring (bicyclic) bond motifs is 5. The van der Waals surface area contributed by atoms with E-state index in [9.17, 15) is 9.59 Å². The maximum Gasteiger partial charge on any atom is 0.238 e. The van der Waals surface area contributed by atoms with Gasteiger partial charge < -0.3 is 9.47 Å². The molecule has 2 fully saturated rings. The number of imide groups is 1. The van der Waals surface area contributed by atoms with Gasteiger partial charge in [0, 0.05) is 11.8 Å². The van der Waals surface area contributed by atoms with Gasteiger partial charge in [-0.1, -0.05) is 54.6 Å². The van der Waals surface area contributed by atoms with Gasteiger partial charge >= 0.3 is 0 Å². The van der Waals surface area contributed by atoms with E-state index in [2.05, 4.69) is 12.2 Å². The van der Waals surface area contributed by atoms with Crippen LogP contribution in [0.4, 0.5) is 5.69 Å². The van der Waals surface area contributed by atoms with Crippen LogP contribution in [0.15, 0.2) is 96.6 Å². The Balaban J connectivity index is 1.48. The third-order valence-corrected chi connectivity index (χ3v) is 7.48. The Labute approximate surface area is 204 Å². The molecule has 5 heteroatoms. The van der Waals surface area contributed by atoms with Crippen LogP contribution in [-0.2, 0) is 9.59 Å². The number of methoxy groups -OCH3 is 2. The highest BCUT2D eigenvalue weighted by atomic mass is 16.5. The summed E-state index contributed by atoms with van der Waals surface area (Å²) in [5, 5.41) is 0. The molecule has 4 atom stereocenters. The number of rotatable bonds is 5. The lowest BCUT2D eigenvalue weighted by Crippen LogP contribution is -2.33. The van der Waals surface area contributed by atoms with E-state index in [0.717, 1.165) is 33.8 Å². The summed E-state index contributed by atoms with van der Waals surface area (Å²) in [5.74, 6) is 0.359. The summed E-state index contributed by atoms with van der Waals surface area (Å²) in [6.45, 7) is 0. The molecule has 35 heavy (non-hydrogen) atoms. The second kappa shape index (κ2) is 8.27. The number of amides is 2. The molecule has 2 aliphatic carbocycles. The van der Waals surface area contributed by atoms with Crippen molar-refractivity contribution in [2.45, 2.75) is 0 Å². The number of nitrogens with zero attached hydrogens (tertiary/aromatic N) is 1. The highest BCUT2D eigenvalue weighted by Crippen LogP contribution is 2.58. The first-order chi connectivity index (χ1) is 17.1. The third kappa shape index (κ3) is 3.22. The van der Waals surface area contributed by atoms with E-state index in [1.807, 2.05) is 78.9 Å². The summed E-state index contributed by atoms with van der Waals surface area (Å²) in [4.78, 5) is 28.6. The molecule has 0 spiro atoms. The van der Waals surface area contributed by atoms with E-state index in [1.54, 1.807) is 14.2 Å². The number of para-hydroxylation sites is 1. The fourth-order valence-corrected chi connectivity index (χ4v) is 5.94. The molecular weight excluding hydrogens is 438 g/mol. The van der Waals surface area contributed by atoms with Gasteiger partial charge in [-0.05, 0) is 58.7 Å². The number of allylic oxidation sites excluding steroid dienone is 3. The minimum Gasteiger partial charge on any atom is -0.497 e. The van der Waals surface area contributed by atoms with Gasteiger partial charge in [0.05, 0.1) is 31.7 Å². The maximum absolute atomic E-state index is 13.6. The first kappa shape index (κ1) is 21.4. The van der Waals surface area contributed by atoms with Gasteiger partial charge in [0.15, 0.2) is 0 Å². The van der Waals surface area contributed by atoms with Crippen molar-refractivity contribution >= 4 is 23.1 Å². The lowest BCUT2D eigenvalue weighted by atomic mass is 9.85. The van der Waals surface area contributed by atoms with E-state index in [1.165, 1.54) is 4.90 Å². The number of hydrogen-bond donors (Lipinski definition) is 0. The molecule has 1 saturated heterocycles. The molecule has 2 amide bonds. The van der Waals surface area contributed by atoms with Crippen LogP contribution in [0, 0.1) is 23.7 Å². The van der Waals surface area contributed by atoms with Crippen LogP contribution in [0.5, 0.6) is 11.5 Å². The van der Waals surface area contributed by atoms with E-state index >= 15 is 0 Å². The lowest BCUT2D eigenvalue weighted by molar-refractivity contribution is -0.122. The standard InChI is InChI=1S/C30H25NO4/c1-34-21-12-8-18(9-13-21)25(19-10-14-22(35-2)15-11-19)26-23-16-17-24(26)28-27(23)29(32)31(30(28)33)20-6-4-3-5-7-20/h3-17,23-24,27-28H,1-2H3/t23-,24-,27-,28-/m1/s1. The largest absolute Gasteiger partial charge is 0.497 e. The van der Waals surface area contributed by atoms with Gasteiger partial charge in [-0.2, -0.15) is 0 Å². The highest BCUT2D eigenvalue weighted by molar-refractivity contribution is 6.23. The van der Waals surface area contributed by atoms with Gasteiger partial charge in [0.2, 0.25) is 11.8 Å². The van der Waals surface area contributed by atoms with Crippen LogP contribution in [0.3, 0.4) is 0 Å². The quantitative estimate of drug-likeness (QED) is 0.389. The van der Waals surface area contributed by atoms with E-state index in [4.69, 9.17) is 9.47 Å². The number of benzene rings is 3. The van der Waals surface area contributed by atoms with Crippen molar-refractivity contribution in [3.63, 3.8) is 0 Å². The van der Waals surface area contributed by atoms with Gasteiger partial charge in [0.1, 0.15) is 11.5 Å². The van der Waals surface area contributed by atoms with E-state index < -0.39 is 0 Å². The summed E-state index contributed by atoms with van der Waals surface area (Å²) < 4.78 is 10.7. The smallest absolute Gasteiger partial charge is 0.238 e. The van der Waals surface area contributed by atoms with Crippen molar-refractivity contribution in [1.29, 1.82) is 0 Å². The van der Waals surface area contributed by atoms with Crippen LogP contribution < -0.4 is 14.4 Å². The monoisotopic (exact) mass is 463 g/mol. The Morgan fingerprint density at radius 2 is 1.11 bits per heavy atom. The van der Waals surface area contributed by atoms with E-state index in [0.29, 0.717) is 5.69 Å². The molecule has 3 aliphatic rings. The molecule has 5 nitrogen and oxygen atoms in total. The van der Waals surface area contributed by atoms with Gasteiger partial charge in [-0.15, -0.1) is 0 Å². The topological polar surface area (TPSA) is 55.8 Å². The summed E-state index contributed by atoms with van der Waals surface area (Å²) in [6.07, 6.45) is 4.24. The van der Waals surface area contributed by atoms with Crippen molar-refractivity contribution in [3.05, 3.63) is 108 Å². The first-order valence-electron chi connectivity index (χ1n) is 11.8. The Hall–Kier alpha value is -4.12. The molecule has 2 bridgehead atoms. The summed E-state index contributed by atoms with van der Waals surface area (Å²) >= 11 is 0. The maximum atomic E-state index is 13.6. The summed E-state index contributed by atoms with van der Waals surface area (Å²) in [6, 6.07) is 25.2. The van der Waals surface area contributed by atoms with Crippen LogP contribution >= 0.6 is 0 Å². The minimum atomic E-state index is -0.376. The Bertz CT molecular complexity index is 1270. The number of carbonyl (C=O) groups excluding carboxylic acids is 2. The third-order valence-electron chi connectivity index (χ3n) is 7.48. The van der Waals surface area contributed by atoms with E-state index in [-0.39, 0.29) is 35.5 Å². The molecule has 0 unspecified atom stereocenters. The Kier molecular flexibility index (Phi) is 5.06. The van der Waals surface area contributed by atoms with Gasteiger partial charge in [-0.3, -0.25) is 9.59 Å². The number of ether oxygens (including phenoxy) is 2. The SMILES string of the molecule is COc1ccc(C(=C2[C@H]3C=C[C@H]2[C@H]2C(=O)N(c4ccccc4)C(=O)[C@@H]23)c2ccc(OC)cc2)cc1. The average molecular weight is 464 g/mol. The normalized spacial score (nSPS) is 24.2. The van der Waals surface area contributed by atoms with Gasteiger partial charge in [0.25, 0.3) is 0 Å². The van der Waals surface area contributed by atoms with Crippen LogP contribution in [-0.4, -0.2) is 26.0 Å². The molecular formula is C30H25NO4. The Morgan fingerprint density at radius 3 is 1.54 bits per heavy atom. The first-order valence-corrected chi connectivity index (χ1v) is 11.8. The van der Waals surface area contributed by atoms with Gasteiger partial charge in [-0.25, -0.2) is 4.90 Å². The fourth-order valence-electron chi connectivity index (χ4n) is 5.94. The summed E-state index contributed by atoms with van der Waals surface area (Å²) in [7, 11) is 3.30. The number of anilines is 1.